The lowest BCUT2D eigenvalue weighted by molar-refractivity contribution is -0.121. The summed E-state index contributed by atoms with van der Waals surface area (Å²) in [6.45, 7) is 4.28. The fourth-order valence-electron chi connectivity index (χ4n) is 4.66. The van der Waals surface area contributed by atoms with Gasteiger partial charge in [-0.15, -0.1) is 0 Å². The minimum atomic E-state index is -0.923. The van der Waals surface area contributed by atoms with Gasteiger partial charge < -0.3 is 5.32 Å². The van der Waals surface area contributed by atoms with Crippen LogP contribution in [0.1, 0.15) is 68.7 Å². The highest BCUT2D eigenvalue weighted by molar-refractivity contribution is 7.83. The molecule has 1 aliphatic heterocycles. The largest absolute Gasteiger partial charge is 0.310 e. The van der Waals surface area contributed by atoms with Crippen LogP contribution < -0.4 is 5.32 Å². The van der Waals surface area contributed by atoms with Crippen LogP contribution in [0.2, 0.25) is 0 Å². The van der Waals surface area contributed by atoms with Gasteiger partial charge in [-0.25, -0.2) is 4.68 Å². The Labute approximate surface area is 175 Å². The quantitative estimate of drug-likeness (QED) is 0.734. The maximum absolute atomic E-state index is 13.1. The number of rotatable bonds is 6. The van der Waals surface area contributed by atoms with E-state index in [1.54, 1.807) is 0 Å². The van der Waals surface area contributed by atoms with Crippen molar-refractivity contribution in [1.29, 1.82) is 0 Å². The second kappa shape index (κ2) is 8.82. The molecule has 156 valence electrons. The van der Waals surface area contributed by atoms with Gasteiger partial charge in [-0.2, -0.15) is 5.10 Å². The zero-order valence-corrected chi connectivity index (χ0v) is 18.3. The zero-order valence-electron chi connectivity index (χ0n) is 17.4. The molecular formula is C23H31N3O2S. The van der Waals surface area contributed by atoms with E-state index < -0.39 is 10.8 Å². The number of anilines is 1. The number of carbonyl (C=O) groups is 1. The summed E-state index contributed by atoms with van der Waals surface area (Å²) in [5, 5.41) is 7.92. The summed E-state index contributed by atoms with van der Waals surface area (Å²) in [4.78, 5) is 13.1. The van der Waals surface area contributed by atoms with Crippen molar-refractivity contribution in [2.24, 2.45) is 11.8 Å². The topological polar surface area (TPSA) is 64.0 Å². The predicted molar refractivity (Wildman–Crippen MR) is 117 cm³/mol. The van der Waals surface area contributed by atoms with E-state index in [1.165, 1.54) is 19.3 Å². The van der Waals surface area contributed by atoms with Gasteiger partial charge in [-0.1, -0.05) is 44.4 Å². The van der Waals surface area contributed by atoms with Crippen molar-refractivity contribution in [1.82, 2.24) is 9.78 Å². The molecule has 0 radical (unpaired) electrons. The van der Waals surface area contributed by atoms with Crippen LogP contribution in [0, 0.1) is 18.8 Å². The molecule has 6 heteroatoms. The second-order valence-electron chi connectivity index (χ2n) is 8.55. The fraction of sp³-hybridized carbons (Fsp3) is 0.565. The highest BCUT2D eigenvalue weighted by Crippen LogP contribution is 2.35. The van der Waals surface area contributed by atoms with E-state index in [4.69, 9.17) is 5.10 Å². The molecule has 2 heterocycles. The van der Waals surface area contributed by atoms with Gasteiger partial charge in [0.25, 0.3) is 0 Å². The number of fused-ring (bicyclic) bond motifs is 1. The molecule has 1 saturated carbocycles. The molecule has 1 aromatic heterocycles. The highest BCUT2D eigenvalue weighted by atomic mass is 32.2. The van der Waals surface area contributed by atoms with E-state index >= 15 is 0 Å². The van der Waals surface area contributed by atoms with Crippen LogP contribution in [-0.2, 0) is 27.1 Å². The number of hydrogen-bond donors (Lipinski definition) is 1. The number of aromatic nitrogens is 2. The van der Waals surface area contributed by atoms with Gasteiger partial charge in [0.05, 0.1) is 22.9 Å². The first-order valence-corrected chi connectivity index (χ1v) is 12.4. The molecule has 4 rings (SSSR count). The van der Waals surface area contributed by atoms with Crippen molar-refractivity contribution in [2.45, 2.75) is 70.3 Å². The number of aryl methyl sites for hydroxylation is 1. The summed E-state index contributed by atoms with van der Waals surface area (Å²) in [7, 11) is -0.923. The molecule has 0 spiro atoms. The zero-order chi connectivity index (χ0) is 20.4. The summed E-state index contributed by atoms with van der Waals surface area (Å²) >= 11 is 0. The number of benzene rings is 1. The molecule has 29 heavy (non-hydrogen) atoms. The molecule has 2 aromatic rings. The Bertz CT molecular complexity index is 913. The lowest BCUT2D eigenvalue weighted by Gasteiger charge is -2.28. The lowest BCUT2D eigenvalue weighted by atomic mass is 9.79. The summed E-state index contributed by atoms with van der Waals surface area (Å²) in [6, 6.07) is 8.04. The number of unbranched alkanes of at least 4 members (excludes halogenated alkanes) is 1. The van der Waals surface area contributed by atoms with Crippen LogP contribution in [-0.4, -0.2) is 19.9 Å². The van der Waals surface area contributed by atoms with Crippen molar-refractivity contribution in [3.05, 3.63) is 41.1 Å². The van der Waals surface area contributed by atoms with E-state index in [-0.39, 0.29) is 11.8 Å². The Morgan fingerprint density at radius 2 is 1.97 bits per heavy atom. The van der Waals surface area contributed by atoms with Crippen LogP contribution in [0.15, 0.2) is 24.3 Å². The van der Waals surface area contributed by atoms with Crippen molar-refractivity contribution < 1.29 is 9.00 Å². The van der Waals surface area contributed by atoms with Gasteiger partial charge in [0.15, 0.2) is 0 Å². The third-order valence-electron chi connectivity index (χ3n) is 6.44. The normalized spacial score (nSPS) is 23.7. The third-order valence-corrected chi connectivity index (χ3v) is 7.64. The minimum absolute atomic E-state index is 0.0654. The van der Waals surface area contributed by atoms with E-state index in [9.17, 15) is 9.00 Å². The fourth-order valence-corrected chi connectivity index (χ4v) is 5.92. The number of carbonyl (C=O) groups excluding carboxylic acids is 1. The summed E-state index contributed by atoms with van der Waals surface area (Å²) in [5.41, 5.74) is 3.86. The molecule has 1 fully saturated rings. The van der Waals surface area contributed by atoms with E-state index in [0.29, 0.717) is 11.5 Å². The standard InChI is InChI=1S/C23H31N3O2S/c1-3-4-8-17-10-12-18(13-11-17)23(27)24-22-19-14-29(28)15-20(19)25-26(22)21-9-6-5-7-16(21)2/h5-7,9,17-18H,3-4,8,10-15H2,1-2H3,(H,24,27)/t17?,18?,29-/m0/s1. The van der Waals surface area contributed by atoms with Crippen molar-refractivity contribution in [2.75, 3.05) is 5.32 Å². The molecular weight excluding hydrogens is 382 g/mol. The summed E-state index contributed by atoms with van der Waals surface area (Å²) in [6.07, 6.45) is 8.06. The van der Waals surface area contributed by atoms with Gasteiger partial charge in [-0.05, 0) is 50.2 Å². The van der Waals surface area contributed by atoms with Crippen molar-refractivity contribution >= 4 is 22.5 Å². The molecule has 0 unspecified atom stereocenters. The number of para-hydroxylation sites is 1. The van der Waals surface area contributed by atoms with Crippen LogP contribution >= 0.6 is 0 Å². The minimum Gasteiger partial charge on any atom is -0.310 e. The Morgan fingerprint density at radius 1 is 1.21 bits per heavy atom. The maximum Gasteiger partial charge on any atom is 0.228 e. The Balaban J connectivity index is 1.53. The average molecular weight is 414 g/mol. The first kappa shape index (κ1) is 20.3. The average Bonchev–Trinajstić information content (AvgIpc) is 3.24. The summed E-state index contributed by atoms with van der Waals surface area (Å²) < 4.78 is 13.9. The van der Waals surface area contributed by atoms with Crippen molar-refractivity contribution in [3.63, 3.8) is 0 Å². The van der Waals surface area contributed by atoms with E-state index in [2.05, 4.69) is 12.2 Å². The number of amides is 1. The SMILES string of the molecule is CCCCC1CCC(C(=O)Nc2c3c(nn2-c2ccccc2C)C[S@@](=O)C3)CC1. The molecule has 0 saturated heterocycles. The van der Waals surface area contributed by atoms with E-state index in [0.717, 1.165) is 59.9 Å². The van der Waals surface area contributed by atoms with Crippen LogP contribution in [0.4, 0.5) is 5.82 Å². The number of nitrogens with one attached hydrogen (secondary N) is 1. The Hall–Kier alpha value is -1.95. The van der Waals surface area contributed by atoms with Gasteiger partial charge in [0.1, 0.15) is 5.82 Å². The molecule has 1 N–H and O–H groups in total. The lowest BCUT2D eigenvalue weighted by Crippen LogP contribution is -2.28. The van der Waals surface area contributed by atoms with Gasteiger partial charge in [0.2, 0.25) is 5.91 Å². The van der Waals surface area contributed by atoms with Crippen LogP contribution in [0.25, 0.3) is 5.69 Å². The second-order valence-corrected chi connectivity index (χ2v) is 10.0. The van der Waals surface area contributed by atoms with Crippen LogP contribution in [0.3, 0.4) is 0 Å². The number of hydrogen-bond acceptors (Lipinski definition) is 3. The van der Waals surface area contributed by atoms with Crippen LogP contribution in [0.5, 0.6) is 0 Å². The van der Waals surface area contributed by atoms with Gasteiger partial charge in [-0.3, -0.25) is 9.00 Å². The molecule has 1 amide bonds. The van der Waals surface area contributed by atoms with Gasteiger partial charge >= 0.3 is 0 Å². The monoisotopic (exact) mass is 413 g/mol. The third kappa shape index (κ3) is 4.32. The summed E-state index contributed by atoms with van der Waals surface area (Å²) in [5.74, 6) is 2.60. The molecule has 1 aliphatic carbocycles. The molecule has 1 aromatic carbocycles. The smallest absolute Gasteiger partial charge is 0.228 e. The van der Waals surface area contributed by atoms with Crippen molar-refractivity contribution in [3.8, 4) is 5.69 Å². The van der Waals surface area contributed by atoms with E-state index in [1.807, 2.05) is 35.9 Å². The highest BCUT2D eigenvalue weighted by Gasteiger charge is 2.31. The first-order valence-electron chi connectivity index (χ1n) is 10.9. The predicted octanol–water partition coefficient (Wildman–Crippen LogP) is 4.88. The molecule has 0 bridgehead atoms. The number of nitrogens with zero attached hydrogens (tertiary/aromatic N) is 2. The Kier molecular flexibility index (Phi) is 6.18. The molecule has 2 aliphatic rings. The van der Waals surface area contributed by atoms with Gasteiger partial charge in [0, 0.05) is 22.3 Å². The Morgan fingerprint density at radius 3 is 2.69 bits per heavy atom. The maximum atomic E-state index is 13.1. The molecule has 5 nitrogen and oxygen atoms in total. The molecule has 1 atom stereocenters. The first-order chi connectivity index (χ1) is 14.1.